The topological polar surface area (TPSA) is 135 Å². The molecule has 0 radical (unpaired) electrons. The van der Waals surface area contributed by atoms with E-state index < -0.39 is 34.7 Å². The number of benzene rings is 2. The van der Waals surface area contributed by atoms with Gasteiger partial charge < -0.3 is 23.4 Å². The monoisotopic (exact) mass is 522 g/mol. The van der Waals surface area contributed by atoms with Crippen molar-refractivity contribution in [2.24, 2.45) is 0 Å². The van der Waals surface area contributed by atoms with E-state index in [-0.39, 0.29) is 45.1 Å². The van der Waals surface area contributed by atoms with Gasteiger partial charge in [-0.1, -0.05) is 19.9 Å². The maximum atomic E-state index is 13.9. The molecule has 2 aromatic carbocycles. The molecule has 0 saturated heterocycles. The van der Waals surface area contributed by atoms with E-state index in [1.165, 1.54) is 51.3 Å². The van der Waals surface area contributed by atoms with Crippen molar-refractivity contribution in [1.29, 1.82) is 0 Å². The normalized spacial score (nSPS) is 11.0. The number of carbonyl (C=O) groups excluding carboxylic acids is 4. The molecule has 38 heavy (non-hydrogen) atoms. The van der Waals surface area contributed by atoms with Crippen LogP contribution in [0.1, 0.15) is 47.1 Å². The highest BCUT2D eigenvalue weighted by atomic mass is 16.6. The van der Waals surface area contributed by atoms with Crippen LogP contribution in [0.5, 0.6) is 23.0 Å². The van der Waals surface area contributed by atoms with Gasteiger partial charge >= 0.3 is 23.9 Å². The first-order valence-electron chi connectivity index (χ1n) is 11.4. The van der Waals surface area contributed by atoms with Crippen LogP contribution in [0.4, 0.5) is 0 Å². The molecule has 0 amide bonds. The average molecular weight is 523 g/mol. The van der Waals surface area contributed by atoms with Crippen molar-refractivity contribution in [1.82, 2.24) is 0 Å². The van der Waals surface area contributed by atoms with Gasteiger partial charge in [-0.2, -0.15) is 0 Å². The fraction of sp³-hybridized carbons (Fsp3) is 0.250. The first-order chi connectivity index (χ1) is 17.7. The second-order valence-electron chi connectivity index (χ2n) is 8.92. The third kappa shape index (κ3) is 5.97. The Bertz CT molecular complexity index is 1540. The minimum absolute atomic E-state index is 0.00461. The molecule has 0 bridgehead atoms. The van der Waals surface area contributed by atoms with Gasteiger partial charge in [-0.15, -0.1) is 6.58 Å². The minimum Gasteiger partial charge on any atom is -0.463 e. The number of carbonyl (C=O) groups is 4. The number of esters is 4. The lowest BCUT2D eigenvalue weighted by Gasteiger charge is -2.25. The summed E-state index contributed by atoms with van der Waals surface area (Å²) in [5, 5.41) is -0.0888. The Labute approximate surface area is 217 Å². The van der Waals surface area contributed by atoms with Gasteiger partial charge in [0.15, 0.2) is 11.5 Å². The molecule has 0 saturated carbocycles. The maximum absolute atomic E-state index is 13.9. The molecule has 0 unspecified atom stereocenters. The van der Waals surface area contributed by atoms with E-state index in [0.717, 1.165) is 6.92 Å². The highest BCUT2D eigenvalue weighted by Crippen LogP contribution is 2.42. The fourth-order valence-electron chi connectivity index (χ4n) is 3.73. The maximum Gasteiger partial charge on any atom is 0.308 e. The molecule has 3 rings (SSSR count). The molecule has 0 N–H and O–H groups in total. The van der Waals surface area contributed by atoms with Gasteiger partial charge in [0, 0.05) is 45.2 Å². The van der Waals surface area contributed by atoms with Crippen molar-refractivity contribution in [3.8, 4) is 34.1 Å². The molecule has 1 heterocycles. The number of hydrogen-bond acceptors (Lipinski definition) is 10. The van der Waals surface area contributed by atoms with E-state index >= 15 is 0 Å². The van der Waals surface area contributed by atoms with Gasteiger partial charge in [-0.3, -0.25) is 24.0 Å². The van der Waals surface area contributed by atoms with Crippen LogP contribution in [0.25, 0.3) is 22.1 Å². The summed E-state index contributed by atoms with van der Waals surface area (Å²) in [7, 11) is 0. The molecule has 0 aliphatic heterocycles. The second-order valence-corrected chi connectivity index (χ2v) is 8.92. The average Bonchev–Trinajstić information content (AvgIpc) is 2.78. The summed E-state index contributed by atoms with van der Waals surface area (Å²) < 4.78 is 26.6. The van der Waals surface area contributed by atoms with Crippen molar-refractivity contribution < 1.29 is 42.5 Å². The number of allylic oxidation sites excluding steroid dienone is 1. The van der Waals surface area contributed by atoms with E-state index in [0.29, 0.717) is 5.56 Å². The molecule has 198 valence electrons. The predicted octanol–water partition coefficient (Wildman–Crippen LogP) is 4.62. The second kappa shape index (κ2) is 10.7. The van der Waals surface area contributed by atoms with E-state index in [2.05, 4.69) is 6.58 Å². The van der Waals surface area contributed by atoms with Crippen molar-refractivity contribution >= 4 is 34.8 Å². The van der Waals surface area contributed by atoms with Crippen molar-refractivity contribution in [3.63, 3.8) is 0 Å². The Balaban J connectivity index is 2.42. The summed E-state index contributed by atoms with van der Waals surface area (Å²) in [6, 6.07) is 5.42. The Morgan fingerprint density at radius 2 is 1.29 bits per heavy atom. The zero-order valence-corrected chi connectivity index (χ0v) is 21.8. The van der Waals surface area contributed by atoms with Crippen LogP contribution in [0.3, 0.4) is 0 Å². The van der Waals surface area contributed by atoms with Crippen LogP contribution < -0.4 is 24.4 Å². The van der Waals surface area contributed by atoms with Crippen molar-refractivity contribution in [3.05, 3.63) is 59.0 Å². The Morgan fingerprint density at radius 3 is 1.82 bits per heavy atom. The van der Waals surface area contributed by atoms with Crippen molar-refractivity contribution in [2.75, 3.05) is 0 Å². The summed E-state index contributed by atoms with van der Waals surface area (Å²) in [5.74, 6) is -2.97. The van der Waals surface area contributed by atoms with Gasteiger partial charge in [0.25, 0.3) is 0 Å². The summed E-state index contributed by atoms with van der Waals surface area (Å²) in [5.41, 5.74) is -0.550. The van der Waals surface area contributed by atoms with Crippen LogP contribution in [0.15, 0.2) is 52.4 Å². The number of hydrogen-bond donors (Lipinski definition) is 0. The summed E-state index contributed by atoms with van der Waals surface area (Å²) in [6.45, 7) is 12.2. The smallest absolute Gasteiger partial charge is 0.308 e. The molecular weight excluding hydrogens is 496 g/mol. The predicted molar refractivity (Wildman–Crippen MR) is 136 cm³/mol. The van der Waals surface area contributed by atoms with Gasteiger partial charge in [0.05, 0.1) is 5.56 Å². The van der Waals surface area contributed by atoms with Gasteiger partial charge in [-0.05, 0) is 23.3 Å². The largest absolute Gasteiger partial charge is 0.463 e. The third-order valence-corrected chi connectivity index (χ3v) is 5.42. The van der Waals surface area contributed by atoms with Crippen LogP contribution >= 0.6 is 0 Å². The molecule has 1 aromatic heterocycles. The first-order valence-corrected chi connectivity index (χ1v) is 11.4. The molecule has 0 spiro atoms. The van der Waals surface area contributed by atoms with E-state index in [1.807, 2.05) is 13.8 Å². The number of fused-ring (bicyclic) bond motifs is 1. The molecule has 10 nitrogen and oxygen atoms in total. The molecular formula is C28H26O10. The number of rotatable bonds is 7. The zero-order chi connectivity index (χ0) is 28.4. The summed E-state index contributed by atoms with van der Waals surface area (Å²) in [4.78, 5) is 60.6. The Hall–Kier alpha value is -4.73. The van der Waals surface area contributed by atoms with Gasteiger partial charge in [-0.25, -0.2) is 0 Å². The highest BCUT2D eigenvalue weighted by Gasteiger charge is 2.28. The van der Waals surface area contributed by atoms with Gasteiger partial charge in [0.2, 0.25) is 5.43 Å². The first kappa shape index (κ1) is 27.9. The van der Waals surface area contributed by atoms with Crippen LogP contribution in [0, 0.1) is 0 Å². The standard InChI is InChI=1S/C28H26O10/c1-8-28(6,7)21-12-23(37-16(4)31)22(36-15(3)30)11-19(21)20-13-34-24-9-18(35-14(2)29)10-25(38-17(5)32)26(24)27(20)33/h8-13H,1H2,2-7H3. The summed E-state index contributed by atoms with van der Waals surface area (Å²) >= 11 is 0. The third-order valence-electron chi connectivity index (χ3n) is 5.42. The quantitative estimate of drug-likeness (QED) is 0.245. The lowest BCUT2D eigenvalue weighted by Crippen LogP contribution is -2.18. The van der Waals surface area contributed by atoms with Crippen LogP contribution in [0.2, 0.25) is 0 Å². The zero-order valence-electron chi connectivity index (χ0n) is 21.8. The SMILES string of the molecule is C=CC(C)(C)c1cc(OC(C)=O)c(OC(C)=O)cc1-c1coc2cc(OC(C)=O)cc(OC(C)=O)c2c1=O. The van der Waals surface area contributed by atoms with E-state index in [1.54, 1.807) is 6.08 Å². The van der Waals surface area contributed by atoms with E-state index in [4.69, 9.17) is 23.4 Å². The van der Waals surface area contributed by atoms with E-state index in [9.17, 15) is 24.0 Å². The van der Waals surface area contributed by atoms with Gasteiger partial charge in [0.1, 0.15) is 28.7 Å². The molecule has 0 fully saturated rings. The lowest BCUT2D eigenvalue weighted by molar-refractivity contribution is -0.134. The molecule has 3 aromatic rings. The molecule has 0 aliphatic rings. The van der Waals surface area contributed by atoms with Crippen LogP contribution in [-0.4, -0.2) is 23.9 Å². The minimum atomic E-state index is -0.766. The van der Waals surface area contributed by atoms with Crippen LogP contribution in [-0.2, 0) is 24.6 Å². The molecule has 0 aliphatic carbocycles. The Morgan fingerprint density at radius 1 is 0.763 bits per heavy atom. The molecule has 10 heteroatoms. The highest BCUT2D eigenvalue weighted by molar-refractivity contribution is 5.91. The Kier molecular flexibility index (Phi) is 7.85. The van der Waals surface area contributed by atoms with Crippen molar-refractivity contribution in [2.45, 2.75) is 47.0 Å². The number of ether oxygens (including phenoxy) is 4. The lowest BCUT2D eigenvalue weighted by atomic mass is 9.80. The summed E-state index contributed by atoms with van der Waals surface area (Å²) in [6.07, 6.45) is 2.81. The molecule has 0 atom stereocenters. The fourth-order valence-corrected chi connectivity index (χ4v) is 3.73.